The van der Waals surface area contributed by atoms with Gasteiger partial charge >= 0.3 is 28.7 Å². The summed E-state index contributed by atoms with van der Waals surface area (Å²) in [5, 5.41) is 61.3. The first-order valence-corrected chi connectivity index (χ1v) is 4.76. The molecule has 22 heavy (non-hydrogen) atoms. The van der Waals surface area contributed by atoms with E-state index in [-0.39, 0.29) is 0 Å². The van der Waals surface area contributed by atoms with Crippen LogP contribution in [-0.4, -0.2) is 35.9 Å². The molecule has 0 aliphatic heterocycles. The van der Waals surface area contributed by atoms with Crippen molar-refractivity contribution in [3.05, 3.63) is 46.0 Å². The van der Waals surface area contributed by atoms with Crippen LogP contribution in [0.1, 0.15) is 10.4 Å². The Balaban J connectivity index is 4.31. The smallest absolute Gasteiger partial charge is 0.433 e. The highest BCUT2D eigenvalue weighted by Crippen LogP contribution is 2.51. The largest absolute Gasteiger partial charge is 0.501 e. The van der Waals surface area contributed by atoms with E-state index in [0.717, 1.165) is 0 Å². The fourth-order valence-electron chi connectivity index (χ4n) is 1.58. The molecule has 0 amide bonds. The second kappa shape index (κ2) is 5.23. The Hall–Kier alpha value is -3.91. The van der Waals surface area contributed by atoms with Crippen molar-refractivity contribution < 1.29 is 34.7 Å². The maximum absolute atomic E-state index is 10.9. The average Bonchev–Trinajstić information content (AvgIpc) is 2.34. The third-order valence-electron chi connectivity index (χ3n) is 2.31. The summed E-state index contributed by atoms with van der Waals surface area (Å²) < 4.78 is 0. The number of carboxylic acids is 1. The molecule has 1 aromatic rings. The standard InChI is InChI=1S/C7H2N4O11/c12-6-1(7(13)14)2(8(15)16)3(9(17)18)4(10(19)20)5(6)11(21)22/h12H,(H,13,14). The van der Waals surface area contributed by atoms with E-state index in [1.165, 1.54) is 0 Å². The third-order valence-corrected chi connectivity index (χ3v) is 2.31. The first-order valence-electron chi connectivity index (χ1n) is 4.76. The minimum absolute atomic E-state index is 1.66. The number of nitrogens with zero attached hydrogens (tertiary/aromatic N) is 4. The fourth-order valence-corrected chi connectivity index (χ4v) is 1.58. The molecule has 0 radical (unpaired) electrons. The van der Waals surface area contributed by atoms with Crippen LogP contribution in [0.5, 0.6) is 5.75 Å². The van der Waals surface area contributed by atoms with Crippen LogP contribution in [0.15, 0.2) is 0 Å². The van der Waals surface area contributed by atoms with Crippen molar-refractivity contribution in [2.75, 3.05) is 0 Å². The molecule has 0 spiro atoms. The number of carboxylic acid groups (broad SMARTS) is 1. The first kappa shape index (κ1) is 16.1. The molecule has 2 N–H and O–H groups in total. The summed E-state index contributed by atoms with van der Waals surface area (Å²) in [6.07, 6.45) is 0. The van der Waals surface area contributed by atoms with Gasteiger partial charge in [-0.15, -0.1) is 0 Å². The number of aromatic carboxylic acids is 1. The molecule has 0 saturated carbocycles. The molecule has 0 atom stereocenters. The quantitative estimate of drug-likeness (QED) is 0.566. The second-order valence-corrected chi connectivity index (χ2v) is 3.45. The maximum Gasteiger partial charge on any atom is 0.433 e. The predicted octanol–water partition coefficient (Wildman–Crippen LogP) is 0.723. The molecule has 116 valence electrons. The van der Waals surface area contributed by atoms with Gasteiger partial charge < -0.3 is 10.2 Å². The summed E-state index contributed by atoms with van der Waals surface area (Å²) >= 11 is 0. The Morgan fingerprint density at radius 1 is 0.727 bits per heavy atom. The van der Waals surface area contributed by atoms with Crippen LogP contribution in [0.2, 0.25) is 0 Å². The van der Waals surface area contributed by atoms with E-state index in [9.17, 15) is 50.4 Å². The monoisotopic (exact) mass is 318 g/mol. The van der Waals surface area contributed by atoms with E-state index in [0.29, 0.717) is 0 Å². The van der Waals surface area contributed by atoms with E-state index in [2.05, 4.69) is 0 Å². The van der Waals surface area contributed by atoms with E-state index < -0.39 is 59.7 Å². The lowest BCUT2D eigenvalue weighted by Gasteiger charge is -2.04. The van der Waals surface area contributed by atoms with Crippen LogP contribution in [0, 0.1) is 40.5 Å². The Morgan fingerprint density at radius 3 is 1.32 bits per heavy atom. The van der Waals surface area contributed by atoms with E-state index in [1.54, 1.807) is 0 Å². The first-order chi connectivity index (χ1) is 10.0. The normalized spacial score (nSPS) is 10.0. The van der Waals surface area contributed by atoms with Crippen molar-refractivity contribution in [2.45, 2.75) is 0 Å². The highest BCUT2D eigenvalue weighted by Gasteiger charge is 2.51. The number of nitro benzene ring substituents is 4. The number of hydrogen-bond donors (Lipinski definition) is 2. The van der Waals surface area contributed by atoms with Gasteiger partial charge in [0.2, 0.25) is 5.75 Å². The van der Waals surface area contributed by atoms with Gasteiger partial charge in [0, 0.05) is 0 Å². The lowest BCUT2D eigenvalue weighted by Crippen LogP contribution is -2.11. The highest BCUT2D eigenvalue weighted by molar-refractivity contribution is 6.02. The molecular weight excluding hydrogens is 316 g/mol. The fraction of sp³-hybridized carbons (Fsp3) is 0. The van der Waals surface area contributed by atoms with Gasteiger partial charge in [-0.3, -0.25) is 40.5 Å². The van der Waals surface area contributed by atoms with Crippen LogP contribution in [0.3, 0.4) is 0 Å². The summed E-state index contributed by atoms with van der Waals surface area (Å²) in [6, 6.07) is 0. The van der Waals surface area contributed by atoms with Crippen LogP contribution < -0.4 is 0 Å². The molecule has 0 saturated heterocycles. The third kappa shape index (κ3) is 2.28. The molecule has 1 aromatic carbocycles. The van der Waals surface area contributed by atoms with Crippen molar-refractivity contribution in [2.24, 2.45) is 0 Å². The van der Waals surface area contributed by atoms with Crippen LogP contribution in [-0.2, 0) is 0 Å². The zero-order valence-corrected chi connectivity index (χ0v) is 9.86. The van der Waals surface area contributed by atoms with Gasteiger partial charge in [-0.05, 0) is 0 Å². The Morgan fingerprint density at radius 2 is 1.05 bits per heavy atom. The van der Waals surface area contributed by atoms with Gasteiger partial charge in [0.25, 0.3) is 0 Å². The van der Waals surface area contributed by atoms with Gasteiger partial charge in [0.15, 0.2) is 5.56 Å². The van der Waals surface area contributed by atoms with Crippen molar-refractivity contribution >= 4 is 28.7 Å². The molecule has 0 aromatic heterocycles. The second-order valence-electron chi connectivity index (χ2n) is 3.45. The molecule has 15 nitrogen and oxygen atoms in total. The topological polar surface area (TPSA) is 230 Å². The van der Waals surface area contributed by atoms with Gasteiger partial charge in [0.1, 0.15) is 0 Å². The van der Waals surface area contributed by atoms with Gasteiger partial charge in [-0.25, -0.2) is 4.79 Å². The number of hydrogen-bond acceptors (Lipinski definition) is 10. The number of nitro groups is 4. The number of carbonyl (C=O) groups is 1. The number of benzene rings is 1. The van der Waals surface area contributed by atoms with E-state index in [4.69, 9.17) is 5.11 Å². The molecule has 0 fully saturated rings. The van der Waals surface area contributed by atoms with Gasteiger partial charge in [-0.1, -0.05) is 0 Å². The molecule has 0 heterocycles. The molecule has 1 rings (SSSR count). The minimum atomic E-state index is -2.31. The summed E-state index contributed by atoms with van der Waals surface area (Å²) in [5.41, 5.74) is -9.68. The minimum Gasteiger partial charge on any atom is -0.501 e. The zero-order valence-electron chi connectivity index (χ0n) is 9.86. The molecule has 15 heteroatoms. The molecular formula is C7H2N4O11. The van der Waals surface area contributed by atoms with E-state index >= 15 is 0 Å². The van der Waals surface area contributed by atoms with Gasteiger partial charge in [0.05, 0.1) is 19.7 Å². The summed E-state index contributed by atoms with van der Waals surface area (Å²) in [4.78, 5) is 47.3. The van der Waals surface area contributed by atoms with Crippen molar-refractivity contribution in [1.82, 2.24) is 0 Å². The predicted molar refractivity (Wildman–Crippen MR) is 61.7 cm³/mol. The number of aromatic hydroxyl groups is 1. The average molecular weight is 318 g/mol. The van der Waals surface area contributed by atoms with Crippen LogP contribution in [0.4, 0.5) is 22.7 Å². The SMILES string of the molecule is O=C(O)c1c(O)c([N+](=O)[O-])c([N+](=O)[O-])c([N+](=O)[O-])c1[N+](=O)[O-]. The van der Waals surface area contributed by atoms with Crippen LogP contribution in [0.25, 0.3) is 0 Å². The molecule has 0 aliphatic rings. The van der Waals surface area contributed by atoms with E-state index in [1.807, 2.05) is 0 Å². The molecule has 0 aliphatic carbocycles. The number of phenols is 1. The van der Waals surface area contributed by atoms with Gasteiger partial charge in [-0.2, -0.15) is 0 Å². The Bertz CT molecular complexity index is 700. The Labute approximate surface area is 116 Å². The lowest BCUT2D eigenvalue weighted by atomic mass is 10.1. The summed E-state index contributed by atoms with van der Waals surface area (Å²) in [7, 11) is 0. The van der Waals surface area contributed by atoms with Crippen LogP contribution >= 0.6 is 0 Å². The molecule has 0 bridgehead atoms. The highest BCUT2D eigenvalue weighted by atomic mass is 16.7. The summed E-state index contributed by atoms with van der Waals surface area (Å²) in [6.45, 7) is 0. The van der Waals surface area contributed by atoms with Crippen molar-refractivity contribution in [3.8, 4) is 5.75 Å². The maximum atomic E-state index is 10.9. The Kier molecular flexibility index (Phi) is 3.84. The summed E-state index contributed by atoms with van der Waals surface area (Å²) in [5.74, 6) is -4.24. The van der Waals surface area contributed by atoms with Crippen molar-refractivity contribution in [3.63, 3.8) is 0 Å². The lowest BCUT2D eigenvalue weighted by molar-refractivity contribution is -0.452. The number of rotatable bonds is 5. The van der Waals surface area contributed by atoms with Crippen molar-refractivity contribution in [1.29, 1.82) is 0 Å². The zero-order chi connectivity index (χ0) is 17.4. The molecule has 0 unspecified atom stereocenters.